The molecule has 4 rings (SSSR count). The molecule has 1 N–H and O–H groups in total. The van der Waals surface area contributed by atoms with E-state index in [2.05, 4.69) is 20.6 Å². The molecule has 10 heteroatoms. The first-order valence-electron chi connectivity index (χ1n) is 9.28. The monoisotopic (exact) mass is 441 g/mol. The van der Waals surface area contributed by atoms with E-state index in [9.17, 15) is 9.18 Å². The van der Waals surface area contributed by atoms with E-state index in [1.54, 1.807) is 36.4 Å². The molecule has 2 aromatic heterocycles. The average Bonchev–Trinajstić information content (AvgIpc) is 3.20. The zero-order valence-corrected chi connectivity index (χ0v) is 17.1. The first-order valence-corrected chi connectivity index (χ1v) is 9.66. The number of amides is 1. The molecule has 8 nitrogen and oxygen atoms in total. The van der Waals surface area contributed by atoms with Crippen LogP contribution in [0.25, 0.3) is 17.0 Å². The minimum atomic E-state index is -0.381. The summed E-state index contributed by atoms with van der Waals surface area (Å²) >= 11 is 5.96. The molecule has 0 radical (unpaired) electrons. The number of carbonyl (C=O) groups is 1. The van der Waals surface area contributed by atoms with Crippen molar-refractivity contribution in [3.8, 4) is 23.0 Å². The second kappa shape index (κ2) is 8.97. The third-order valence-corrected chi connectivity index (χ3v) is 4.60. The van der Waals surface area contributed by atoms with E-state index in [-0.39, 0.29) is 24.9 Å². The lowest BCUT2D eigenvalue weighted by Crippen LogP contribution is -2.28. The second-order valence-corrected chi connectivity index (χ2v) is 6.86. The Morgan fingerprint density at radius 1 is 1.16 bits per heavy atom. The normalized spacial score (nSPS) is 10.8. The fraction of sp³-hybridized carbons (Fsp3) is 0.143. The molecule has 0 aliphatic rings. The van der Waals surface area contributed by atoms with Crippen LogP contribution in [0.3, 0.4) is 0 Å². The highest BCUT2D eigenvalue weighted by molar-refractivity contribution is 6.31. The van der Waals surface area contributed by atoms with Crippen LogP contribution in [0.1, 0.15) is 10.4 Å². The van der Waals surface area contributed by atoms with Crippen molar-refractivity contribution < 1.29 is 18.7 Å². The van der Waals surface area contributed by atoms with Crippen molar-refractivity contribution >= 4 is 23.2 Å². The van der Waals surface area contributed by atoms with Crippen molar-refractivity contribution in [2.75, 3.05) is 20.3 Å². The Balaban J connectivity index is 1.41. The minimum Gasteiger partial charge on any atom is -0.496 e. The molecule has 4 aromatic rings. The van der Waals surface area contributed by atoms with Crippen molar-refractivity contribution in [2.24, 2.45) is 0 Å². The Labute approximate surface area is 181 Å². The van der Waals surface area contributed by atoms with Crippen molar-refractivity contribution in [3.63, 3.8) is 0 Å². The number of benzene rings is 2. The van der Waals surface area contributed by atoms with Crippen LogP contribution in [0.5, 0.6) is 11.6 Å². The van der Waals surface area contributed by atoms with Gasteiger partial charge in [-0.25, -0.2) is 4.39 Å². The van der Waals surface area contributed by atoms with Crippen LogP contribution in [0.15, 0.2) is 54.6 Å². The summed E-state index contributed by atoms with van der Waals surface area (Å²) in [6.07, 6.45) is 0. The Morgan fingerprint density at radius 2 is 2.03 bits per heavy atom. The highest BCUT2D eigenvalue weighted by Crippen LogP contribution is 2.22. The summed E-state index contributed by atoms with van der Waals surface area (Å²) < 4.78 is 25.8. The van der Waals surface area contributed by atoms with Gasteiger partial charge in [0.15, 0.2) is 11.5 Å². The van der Waals surface area contributed by atoms with E-state index in [4.69, 9.17) is 21.1 Å². The maximum atomic E-state index is 13.5. The average molecular weight is 442 g/mol. The molecule has 0 aliphatic carbocycles. The molecule has 0 saturated heterocycles. The number of hydrogen-bond donors (Lipinski definition) is 1. The fourth-order valence-electron chi connectivity index (χ4n) is 2.93. The standard InChI is InChI=1S/C21H17ClFN5O3/c1-30-17-6-5-14(22)12-16(17)21(29)24-9-10-31-19-8-7-18-25-26-20(28(18)27-19)13-3-2-4-15(23)11-13/h2-8,11-12H,9-10H2,1H3,(H,24,29). The molecule has 0 fully saturated rings. The molecular weight excluding hydrogens is 425 g/mol. The summed E-state index contributed by atoms with van der Waals surface area (Å²) in [4.78, 5) is 12.4. The Morgan fingerprint density at radius 3 is 2.84 bits per heavy atom. The molecule has 0 saturated carbocycles. The van der Waals surface area contributed by atoms with E-state index in [0.717, 1.165) is 0 Å². The smallest absolute Gasteiger partial charge is 0.255 e. The molecule has 1 amide bonds. The highest BCUT2D eigenvalue weighted by atomic mass is 35.5. The number of ether oxygens (including phenoxy) is 2. The molecule has 0 unspecified atom stereocenters. The zero-order chi connectivity index (χ0) is 21.8. The van der Waals surface area contributed by atoms with Crippen LogP contribution in [-0.4, -0.2) is 46.0 Å². The number of nitrogens with zero attached hydrogens (tertiary/aromatic N) is 4. The summed E-state index contributed by atoms with van der Waals surface area (Å²) in [5, 5.41) is 15.6. The molecule has 0 aliphatic heterocycles. The number of fused-ring (bicyclic) bond motifs is 1. The molecule has 2 heterocycles. The number of aromatic nitrogens is 4. The fourth-order valence-corrected chi connectivity index (χ4v) is 3.10. The van der Waals surface area contributed by atoms with E-state index >= 15 is 0 Å². The van der Waals surface area contributed by atoms with Gasteiger partial charge in [-0.3, -0.25) is 4.79 Å². The van der Waals surface area contributed by atoms with Crippen LogP contribution in [-0.2, 0) is 0 Å². The van der Waals surface area contributed by atoms with Gasteiger partial charge in [0.2, 0.25) is 5.88 Å². The predicted octanol–water partition coefficient (Wildman–Crippen LogP) is 3.40. The Bertz CT molecular complexity index is 1250. The van der Waals surface area contributed by atoms with Crippen molar-refractivity contribution in [1.82, 2.24) is 25.1 Å². The second-order valence-electron chi connectivity index (χ2n) is 6.42. The lowest BCUT2D eigenvalue weighted by molar-refractivity contribution is 0.0943. The lowest BCUT2D eigenvalue weighted by atomic mass is 10.2. The third-order valence-electron chi connectivity index (χ3n) is 4.36. The van der Waals surface area contributed by atoms with Crippen molar-refractivity contribution in [1.29, 1.82) is 0 Å². The van der Waals surface area contributed by atoms with Gasteiger partial charge in [0.05, 0.1) is 19.2 Å². The largest absolute Gasteiger partial charge is 0.496 e. The summed E-state index contributed by atoms with van der Waals surface area (Å²) in [6, 6.07) is 14.1. The van der Waals surface area contributed by atoms with E-state index in [0.29, 0.717) is 39.3 Å². The lowest BCUT2D eigenvalue weighted by Gasteiger charge is -2.10. The number of rotatable bonds is 7. The van der Waals surface area contributed by atoms with E-state index in [1.807, 2.05) is 0 Å². The van der Waals surface area contributed by atoms with Gasteiger partial charge in [0, 0.05) is 16.7 Å². The molecule has 158 valence electrons. The number of hydrogen-bond acceptors (Lipinski definition) is 6. The summed E-state index contributed by atoms with van der Waals surface area (Å²) in [6.45, 7) is 0.400. The SMILES string of the molecule is COc1ccc(Cl)cc1C(=O)NCCOc1ccc2nnc(-c3cccc(F)c3)n2n1. The minimum absolute atomic E-state index is 0.171. The van der Waals surface area contributed by atoms with Crippen LogP contribution in [0, 0.1) is 5.82 Å². The van der Waals surface area contributed by atoms with Gasteiger partial charge in [-0.15, -0.1) is 15.3 Å². The number of halogens is 2. The molecule has 0 bridgehead atoms. The molecule has 0 spiro atoms. The topological polar surface area (TPSA) is 90.6 Å². The van der Waals surface area contributed by atoms with E-state index in [1.165, 1.54) is 29.8 Å². The molecule has 31 heavy (non-hydrogen) atoms. The quantitative estimate of drug-likeness (QED) is 0.442. The van der Waals surface area contributed by atoms with E-state index < -0.39 is 0 Å². The van der Waals surface area contributed by atoms with Crippen LogP contribution < -0.4 is 14.8 Å². The maximum absolute atomic E-state index is 13.5. The Hall–Kier alpha value is -3.72. The van der Waals surface area contributed by atoms with Crippen molar-refractivity contribution in [3.05, 3.63) is 71.0 Å². The number of methoxy groups -OCH3 is 1. The van der Waals surface area contributed by atoms with Gasteiger partial charge < -0.3 is 14.8 Å². The van der Waals surface area contributed by atoms with Gasteiger partial charge in [-0.2, -0.15) is 4.52 Å². The summed E-state index contributed by atoms with van der Waals surface area (Å²) in [5.41, 5.74) is 1.37. The first-order chi connectivity index (χ1) is 15.0. The third kappa shape index (κ3) is 4.56. The maximum Gasteiger partial charge on any atom is 0.255 e. The van der Waals surface area contributed by atoms with Crippen LogP contribution in [0.4, 0.5) is 4.39 Å². The summed E-state index contributed by atoms with van der Waals surface area (Å²) in [7, 11) is 1.48. The van der Waals surface area contributed by atoms with Gasteiger partial charge in [0.1, 0.15) is 18.2 Å². The molecule has 2 aromatic carbocycles. The number of nitrogens with one attached hydrogen (secondary N) is 1. The Kier molecular flexibility index (Phi) is 5.94. The van der Waals surface area contributed by atoms with Crippen LogP contribution in [0.2, 0.25) is 5.02 Å². The molecular formula is C21H17ClFN5O3. The van der Waals surface area contributed by atoms with Gasteiger partial charge >= 0.3 is 0 Å². The molecule has 0 atom stereocenters. The van der Waals surface area contributed by atoms with Gasteiger partial charge in [-0.1, -0.05) is 23.7 Å². The van der Waals surface area contributed by atoms with Gasteiger partial charge in [-0.05, 0) is 36.4 Å². The zero-order valence-electron chi connectivity index (χ0n) is 16.4. The highest BCUT2D eigenvalue weighted by Gasteiger charge is 2.13. The van der Waals surface area contributed by atoms with Crippen LogP contribution >= 0.6 is 11.6 Å². The van der Waals surface area contributed by atoms with Gasteiger partial charge in [0.25, 0.3) is 5.91 Å². The van der Waals surface area contributed by atoms with Crippen molar-refractivity contribution in [2.45, 2.75) is 0 Å². The predicted molar refractivity (Wildman–Crippen MR) is 112 cm³/mol. The summed E-state index contributed by atoms with van der Waals surface area (Å²) in [5.74, 6) is 0.403. The number of carbonyl (C=O) groups excluding carboxylic acids is 1. The first kappa shape index (κ1) is 20.5.